The fraction of sp³-hybridized carbons (Fsp3) is 0.952. The molecule has 5 aliphatic carbocycles. The summed E-state index contributed by atoms with van der Waals surface area (Å²) in [5.41, 5.74) is 7.19. The molecule has 5 rings (SSSR count). The quantitative estimate of drug-likeness (QED) is 0.812. The Kier molecular flexibility index (Phi) is 3.84. The summed E-state index contributed by atoms with van der Waals surface area (Å²) in [4.78, 5) is 13.0. The summed E-state index contributed by atoms with van der Waals surface area (Å²) in [7, 11) is 0. The van der Waals surface area contributed by atoms with Crippen LogP contribution in [0.4, 0.5) is 0 Å². The number of hydrogen-bond donors (Lipinski definition) is 2. The van der Waals surface area contributed by atoms with Gasteiger partial charge < -0.3 is 11.1 Å². The van der Waals surface area contributed by atoms with Gasteiger partial charge in [0.25, 0.3) is 0 Å². The molecule has 0 aromatic rings. The lowest BCUT2D eigenvalue weighted by Gasteiger charge is -2.65. The summed E-state index contributed by atoms with van der Waals surface area (Å²) in [5.74, 6) is 1.12. The summed E-state index contributed by atoms with van der Waals surface area (Å²) in [6.07, 6.45) is 14.5. The minimum absolute atomic E-state index is 0.0818. The topological polar surface area (TPSA) is 55.1 Å². The third-order valence-electron chi connectivity index (χ3n) is 7.91. The van der Waals surface area contributed by atoms with Crippen molar-refractivity contribution in [2.45, 2.75) is 96.4 Å². The van der Waals surface area contributed by atoms with Crippen LogP contribution >= 0.6 is 0 Å². The average molecular weight is 333 g/mol. The van der Waals surface area contributed by atoms with Crippen molar-refractivity contribution in [2.24, 2.45) is 27.9 Å². The molecule has 1 amide bonds. The van der Waals surface area contributed by atoms with Crippen molar-refractivity contribution in [2.75, 3.05) is 6.54 Å². The third kappa shape index (κ3) is 2.91. The molecule has 0 radical (unpaired) electrons. The highest BCUT2D eigenvalue weighted by Crippen LogP contribution is 2.66. The maximum Gasteiger partial charge on any atom is 0.221 e. The first-order valence-corrected chi connectivity index (χ1v) is 10.3. The monoisotopic (exact) mass is 332 g/mol. The van der Waals surface area contributed by atoms with E-state index in [1.165, 1.54) is 57.8 Å². The smallest absolute Gasteiger partial charge is 0.221 e. The van der Waals surface area contributed by atoms with Gasteiger partial charge in [-0.3, -0.25) is 4.79 Å². The Morgan fingerprint density at radius 3 is 2.17 bits per heavy atom. The van der Waals surface area contributed by atoms with Crippen molar-refractivity contribution in [3.8, 4) is 0 Å². The molecule has 5 saturated carbocycles. The van der Waals surface area contributed by atoms with Crippen LogP contribution in [0.25, 0.3) is 0 Å². The maximum absolute atomic E-state index is 13.0. The molecule has 0 heterocycles. The molecule has 3 heteroatoms. The Morgan fingerprint density at radius 2 is 1.62 bits per heavy atom. The Labute approximate surface area is 147 Å². The second-order valence-electron chi connectivity index (χ2n) is 10.9. The van der Waals surface area contributed by atoms with Gasteiger partial charge in [0, 0.05) is 12.0 Å². The number of amides is 1. The first kappa shape index (κ1) is 16.9. The molecule has 5 aliphatic rings. The molecule has 24 heavy (non-hydrogen) atoms. The van der Waals surface area contributed by atoms with Crippen LogP contribution in [0.1, 0.15) is 90.9 Å². The van der Waals surface area contributed by atoms with Crippen LogP contribution < -0.4 is 11.1 Å². The number of nitrogens with two attached hydrogens (primary N) is 1. The third-order valence-corrected chi connectivity index (χ3v) is 7.91. The zero-order valence-electron chi connectivity index (χ0n) is 15.8. The highest BCUT2D eigenvalue weighted by Gasteiger charge is 2.60. The van der Waals surface area contributed by atoms with E-state index in [1.807, 2.05) is 0 Å². The van der Waals surface area contributed by atoms with Gasteiger partial charge in [-0.1, -0.05) is 33.1 Å². The molecular formula is C21H36N2O. The lowest BCUT2D eigenvalue weighted by atomic mass is 9.42. The largest absolute Gasteiger partial charge is 0.351 e. The van der Waals surface area contributed by atoms with E-state index in [1.54, 1.807) is 0 Å². The molecule has 3 N–H and O–H groups in total. The van der Waals surface area contributed by atoms with E-state index in [0.29, 0.717) is 23.8 Å². The van der Waals surface area contributed by atoms with E-state index in [0.717, 1.165) is 18.8 Å². The standard InChI is InChI=1S/C21H36N2O/c1-18-8-16-9-19(2,12-18)14-21(10-16,13-18)23-17(24)11-20(15-22)6-4-3-5-7-20/h16H,3-15,22H2,1-2H3,(H,23,24). The van der Waals surface area contributed by atoms with Crippen molar-refractivity contribution in [3.05, 3.63) is 0 Å². The van der Waals surface area contributed by atoms with Gasteiger partial charge in [0.2, 0.25) is 5.91 Å². The van der Waals surface area contributed by atoms with E-state index in [4.69, 9.17) is 5.73 Å². The van der Waals surface area contributed by atoms with Crippen molar-refractivity contribution in [3.63, 3.8) is 0 Å². The molecule has 0 aromatic carbocycles. The SMILES string of the molecule is CC12CC3CC(C)(C1)CC(NC(=O)CC1(CN)CCCCC1)(C3)C2. The Balaban J connectivity index is 1.47. The fourth-order valence-electron chi connectivity index (χ4n) is 8.02. The molecule has 0 aromatic heterocycles. The molecule has 0 aliphatic heterocycles. The van der Waals surface area contributed by atoms with Gasteiger partial charge in [0.15, 0.2) is 0 Å². The normalized spacial score (nSPS) is 46.0. The predicted molar refractivity (Wildman–Crippen MR) is 97.5 cm³/mol. The van der Waals surface area contributed by atoms with Gasteiger partial charge >= 0.3 is 0 Å². The van der Waals surface area contributed by atoms with E-state index >= 15 is 0 Å². The molecule has 2 unspecified atom stereocenters. The summed E-state index contributed by atoms with van der Waals surface area (Å²) < 4.78 is 0. The zero-order chi connectivity index (χ0) is 17.1. The fourth-order valence-corrected chi connectivity index (χ4v) is 8.02. The minimum atomic E-state index is 0.0818. The van der Waals surface area contributed by atoms with Gasteiger partial charge in [-0.2, -0.15) is 0 Å². The number of hydrogen-bond acceptors (Lipinski definition) is 2. The van der Waals surface area contributed by atoms with E-state index in [9.17, 15) is 4.79 Å². The lowest BCUT2D eigenvalue weighted by molar-refractivity contribution is -0.141. The number of nitrogens with one attached hydrogen (secondary N) is 1. The molecule has 5 fully saturated rings. The number of carbonyl (C=O) groups excluding carboxylic acids is 1. The van der Waals surface area contributed by atoms with Crippen molar-refractivity contribution >= 4 is 5.91 Å². The Hall–Kier alpha value is -0.570. The molecule has 4 bridgehead atoms. The van der Waals surface area contributed by atoms with Crippen LogP contribution in [0.15, 0.2) is 0 Å². The van der Waals surface area contributed by atoms with Crippen LogP contribution in [0.5, 0.6) is 0 Å². The molecule has 0 saturated heterocycles. The maximum atomic E-state index is 13.0. The van der Waals surface area contributed by atoms with Crippen molar-refractivity contribution < 1.29 is 4.79 Å². The van der Waals surface area contributed by atoms with Crippen molar-refractivity contribution in [1.82, 2.24) is 5.32 Å². The summed E-state index contributed by atoms with van der Waals surface area (Å²) in [6.45, 7) is 5.61. The molecule has 3 nitrogen and oxygen atoms in total. The summed E-state index contributed by atoms with van der Waals surface area (Å²) in [5, 5.41) is 3.59. The second-order valence-corrected chi connectivity index (χ2v) is 10.9. The predicted octanol–water partition coefficient (Wildman–Crippen LogP) is 4.15. The molecule has 2 atom stereocenters. The highest BCUT2D eigenvalue weighted by atomic mass is 16.1. The van der Waals surface area contributed by atoms with E-state index < -0.39 is 0 Å². The summed E-state index contributed by atoms with van der Waals surface area (Å²) in [6, 6.07) is 0. The van der Waals surface area contributed by atoms with Gasteiger partial charge in [0.05, 0.1) is 0 Å². The number of rotatable bonds is 4. The van der Waals surface area contributed by atoms with Crippen LogP contribution in [0, 0.1) is 22.2 Å². The van der Waals surface area contributed by atoms with Gasteiger partial charge in [-0.05, 0) is 80.1 Å². The first-order chi connectivity index (χ1) is 11.3. The number of carbonyl (C=O) groups is 1. The zero-order valence-corrected chi connectivity index (χ0v) is 15.8. The van der Waals surface area contributed by atoms with Crippen LogP contribution in [0.3, 0.4) is 0 Å². The van der Waals surface area contributed by atoms with E-state index in [-0.39, 0.29) is 16.9 Å². The average Bonchev–Trinajstić information content (AvgIpc) is 2.43. The highest BCUT2D eigenvalue weighted by molar-refractivity contribution is 5.77. The van der Waals surface area contributed by atoms with Crippen molar-refractivity contribution in [1.29, 1.82) is 0 Å². The summed E-state index contributed by atoms with van der Waals surface area (Å²) >= 11 is 0. The van der Waals surface area contributed by atoms with Crippen LogP contribution in [-0.2, 0) is 4.79 Å². The van der Waals surface area contributed by atoms with Gasteiger partial charge in [-0.15, -0.1) is 0 Å². The van der Waals surface area contributed by atoms with Gasteiger partial charge in [-0.25, -0.2) is 0 Å². The first-order valence-electron chi connectivity index (χ1n) is 10.3. The Morgan fingerprint density at radius 1 is 1.00 bits per heavy atom. The van der Waals surface area contributed by atoms with E-state index in [2.05, 4.69) is 19.2 Å². The van der Waals surface area contributed by atoms with Gasteiger partial charge in [0.1, 0.15) is 0 Å². The molecular weight excluding hydrogens is 296 g/mol. The lowest BCUT2D eigenvalue weighted by Crippen LogP contribution is -2.65. The van der Waals surface area contributed by atoms with Crippen LogP contribution in [0.2, 0.25) is 0 Å². The second kappa shape index (κ2) is 5.46. The molecule has 0 spiro atoms. The molecule has 136 valence electrons. The van der Waals surface area contributed by atoms with Crippen LogP contribution in [-0.4, -0.2) is 18.0 Å². The Bertz CT molecular complexity index is 504. The minimum Gasteiger partial charge on any atom is -0.351 e.